The highest BCUT2D eigenvalue weighted by molar-refractivity contribution is 5.74. The van der Waals surface area contributed by atoms with Crippen LogP contribution in [0.25, 0.3) is 0 Å². The van der Waals surface area contributed by atoms with E-state index in [1.807, 2.05) is 6.92 Å². The van der Waals surface area contributed by atoms with Gasteiger partial charge >= 0.3 is 5.97 Å². The molecular weight excluding hydrogens is 264 g/mol. The SMILES string of the molecule is CCCN1CCCC(N2CCC(CC)(C(=O)O)CC2)CC1. The summed E-state index contributed by atoms with van der Waals surface area (Å²) >= 11 is 0. The highest BCUT2D eigenvalue weighted by Gasteiger charge is 2.41. The number of hydrogen-bond acceptors (Lipinski definition) is 3. The molecule has 0 spiro atoms. The molecule has 122 valence electrons. The molecule has 4 heteroatoms. The maximum absolute atomic E-state index is 11.5. The van der Waals surface area contributed by atoms with Gasteiger partial charge in [0.15, 0.2) is 0 Å². The first-order chi connectivity index (χ1) is 10.1. The Kier molecular flexibility index (Phi) is 6.06. The standard InChI is InChI=1S/C17H32N2O2/c1-3-10-18-11-5-6-15(7-12-18)19-13-8-17(4-2,9-14-19)16(20)21/h15H,3-14H2,1-2H3,(H,20,21). The van der Waals surface area contributed by atoms with Crippen molar-refractivity contribution in [3.05, 3.63) is 0 Å². The van der Waals surface area contributed by atoms with Crippen molar-refractivity contribution in [1.29, 1.82) is 0 Å². The zero-order valence-electron chi connectivity index (χ0n) is 13.8. The van der Waals surface area contributed by atoms with Crippen LogP contribution in [0.4, 0.5) is 0 Å². The molecule has 0 aliphatic carbocycles. The molecule has 2 rings (SSSR count). The van der Waals surface area contributed by atoms with E-state index in [0.717, 1.165) is 32.4 Å². The van der Waals surface area contributed by atoms with E-state index in [-0.39, 0.29) is 0 Å². The number of carboxylic acid groups (broad SMARTS) is 1. The predicted molar refractivity (Wildman–Crippen MR) is 85.5 cm³/mol. The van der Waals surface area contributed by atoms with Crippen molar-refractivity contribution in [3.8, 4) is 0 Å². The zero-order valence-corrected chi connectivity index (χ0v) is 13.8. The second-order valence-electron chi connectivity index (χ2n) is 6.90. The summed E-state index contributed by atoms with van der Waals surface area (Å²) in [5.41, 5.74) is -0.449. The van der Waals surface area contributed by atoms with Crippen LogP contribution >= 0.6 is 0 Å². The summed E-state index contributed by atoms with van der Waals surface area (Å²) in [6.45, 7) is 9.90. The molecule has 0 radical (unpaired) electrons. The third-order valence-corrected chi connectivity index (χ3v) is 5.73. The summed E-state index contributed by atoms with van der Waals surface area (Å²) in [7, 11) is 0. The fourth-order valence-electron chi connectivity index (χ4n) is 4.08. The van der Waals surface area contributed by atoms with Crippen molar-refractivity contribution < 1.29 is 9.90 Å². The van der Waals surface area contributed by atoms with E-state index in [9.17, 15) is 9.90 Å². The maximum Gasteiger partial charge on any atom is 0.309 e. The van der Waals surface area contributed by atoms with Crippen LogP contribution in [0.15, 0.2) is 0 Å². The molecule has 0 aromatic heterocycles. The van der Waals surface area contributed by atoms with Crippen molar-refractivity contribution in [1.82, 2.24) is 9.80 Å². The number of likely N-dealkylation sites (tertiary alicyclic amines) is 2. The Morgan fingerprint density at radius 2 is 1.86 bits per heavy atom. The molecule has 2 aliphatic heterocycles. The lowest BCUT2D eigenvalue weighted by atomic mass is 9.76. The molecule has 4 nitrogen and oxygen atoms in total. The van der Waals surface area contributed by atoms with Gasteiger partial charge in [0.25, 0.3) is 0 Å². The molecule has 0 aromatic rings. The van der Waals surface area contributed by atoms with Gasteiger partial charge in [0.2, 0.25) is 0 Å². The number of hydrogen-bond donors (Lipinski definition) is 1. The van der Waals surface area contributed by atoms with Crippen LogP contribution in [0, 0.1) is 5.41 Å². The van der Waals surface area contributed by atoms with E-state index < -0.39 is 11.4 Å². The second-order valence-corrected chi connectivity index (χ2v) is 6.90. The van der Waals surface area contributed by atoms with Gasteiger partial charge in [-0.3, -0.25) is 4.79 Å². The van der Waals surface area contributed by atoms with E-state index in [1.54, 1.807) is 0 Å². The van der Waals surface area contributed by atoms with E-state index in [2.05, 4.69) is 16.7 Å². The van der Waals surface area contributed by atoms with Gasteiger partial charge in [-0.1, -0.05) is 13.8 Å². The third-order valence-electron chi connectivity index (χ3n) is 5.73. The first kappa shape index (κ1) is 16.8. The van der Waals surface area contributed by atoms with E-state index in [1.165, 1.54) is 45.3 Å². The number of carboxylic acids is 1. The van der Waals surface area contributed by atoms with Crippen molar-refractivity contribution in [3.63, 3.8) is 0 Å². The van der Waals surface area contributed by atoms with Crippen LogP contribution in [-0.2, 0) is 4.79 Å². The highest BCUT2D eigenvalue weighted by atomic mass is 16.4. The molecule has 1 unspecified atom stereocenters. The monoisotopic (exact) mass is 296 g/mol. The zero-order chi connectivity index (χ0) is 15.3. The summed E-state index contributed by atoms with van der Waals surface area (Å²) in [5.74, 6) is -0.584. The average molecular weight is 296 g/mol. The molecule has 2 aliphatic rings. The van der Waals surface area contributed by atoms with Crippen LogP contribution in [0.2, 0.25) is 0 Å². The quantitative estimate of drug-likeness (QED) is 0.847. The second kappa shape index (κ2) is 7.59. The lowest BCUT2D eigenvalue weighted by Crippen LogP contribution is -2.48. The molecule has 0 saturated carbocycles. The minimum absolute atomic E-state index is 0.449. The normalized spacial score (nSPS) is 28.2. The average Bonchev–Trinajstić information content (AvgIpc) is 2.73. The molecule has 1 N–H and O–H groups in total. The summed E-state index contributed by atoms with van der Waals surface area (Å²) in [4.78, 5) is 16.7. The van der Waals surface area contributed by atoms with Crippen LogP contribution < -0.4 is 0 Å². The predicted octanol–water partition coefficient (Wildman–Crippen LogP) is 2.83. The Bertz CT molecular complexity index is 338. The van der Waals surface area contributed by atoms with Crippen molar-refractivity contribution in [2.24, 2.45) is 5.41 Å². The molecule has 2 saturated heterocycles. The van der Waals surface area contributed by atoms with Gasteiger partial charge in [-0.2, -0.15) is 0 Å². The van der Waals surface area contributed by atoms with Crippen molar-refractivity contribution >= 4 is 5.97 Å². The first-order valence-electron chi connectivity index (χ1n) is 8.81. The van der Waals surface area contributed by atoms with Gasteiger partial charge in [0.05, 0.1) is 5.41 Å². The highest BCUT2D eigenvalue weighted by Crippen LogP contribution is 2.36. The Hall–Kier alpha value is -0.610. The first-order valence-corrected chi connectivity index (χ1v) is 8.81. The fourth-order valence-corrected chi connectivity index (χ4v) is 4.08. The number of aliphatic carboxylic acids is 1. The molecular formula is C17H32N2O2. The van der Waals surface area contributed by atoms with Gasteiger partial charge in [0, 0.05) is 6.04 Å². The number of nitrogens with zero attached hydrogens (tertiary/aromatic N) is 2. The van der Waals surface area contributed by atoms with Crippen molar-refractivity contribution in [2.45, 2.75) is 64.8 Å². The Morgan fingerprint density at radius 3 is 2.43 bits per heavy atom. The van der Waals surface area contributed by atoms with Crippen LogP contribution in [0.5, 0.6) is 0 Å². The number of carbonyl (C=O) groups is 1. The molecule has 1 atom stereocenters. The fraction of sp³-hybridized carbons (Fsp3) is 0.941. The molecule has 0 amide bonds. The van der Waals surface area contributed by atoms with Gasteiger partial charge in [0.1, 0.15) is 0 Å². The molecule has 0 aromatic carbocycles. The summed E-state index contributed by atoms with van der Waals surface area (Å²) in [6, 6.07) is 0.676. The smallest absolute Gasteiger partial charge is 0.309 e. The number of rotatable bonds is 5. The summed E-state index contributed by atoms with van der Waals surface area (Å²) in [5, 5.41) is 9.50. The topological polar surface area (TPSA) is 43.8 Å². The minimum atomic E-state index is -0.584. The van der Waals surface area contributed by atoms with Gasteiger partial charge in [-0.05, 0) is 77.7 Å². The van der Waals surface area contributed by atoms with E-state index in [4.69, 9.17) is 0 Å². The van der Waals surface area contributed by atoms with E-state index >= 15 is 0 Å². The van der Waals surface area contributed by atoms with E-state index in [0.29, 0.717) is 6.04 Å². The molecule has 21 heavy (non-hydrogen) atoms. The van der Waals surface area contributed by atoms with Crippen LogP contribution in [-0.4, -0.2) is 59.6 Å². The molecule has 0 bridgehead atoms. The molecule has 2 heterocycles. The lowest BCUT2D eigenvalue weighted by molar-refractivity contribution is -0.152. The summed E-state index contributed by atoms with van der Waals surface area (Å²) in [6.07, 6.45) is 7.50. The van der Waals surface area contributed by atoms with Gasteiger partial charge in [-0.25, -0.2) is 0 Å². The third kappa shape index (κ3) is 3.98. The minimum Gasteiger partial charge on any atom is -0.481 e. The Balaban J connectivity index is 1.86. The molecule has 2 fully saturated rings. The lowest BCUT2D eigenvalue weighted by Gasteiger charge is -2.41. The van der Waals surface area contributed by atoms with Gasteiger partial charge in [-0.15, -0.1) is 0 Å². The van der Waals surface area contributed by atoms with Crippen molar-refractivity contribution in [2.75, 3.05) is 32.7 Å². The summed E-state index contributed by atoms with van der Waals surface area (Å²) < 4.78 is 0. The van der Waals surface area contributed by atoms with Gasteiger partial charge < -0.3 is 14.9 Å². The maximum atomic E-state index is 11.5. The largest absolute Gasteiger partial charge is 0.481 e. The Morgan fingerprint density at radius 1 is 1.14 bits per heavy atom. The van der Waals surface area contributed by atoms with Crippen LogP contribution in [0.3, 0.4) is 0 Å². The Labute approximate surface area is 129 Å². The number of piperidine rings is 1. The van der Waals surface area contributed by atoms with Crippen LogP contribution in [0.1, 0.15) is 58.8 Å².